The van der Waals surface area contributed by atoms with Gasteiger partial charge in [-0.1, -0.05) is 6.07 Å². The van der Waals surface area contributed by atoms with E-state index in [0.29, 0.717) is 23.8 Å². The van der Waals surface area contributed by atoms with E-state index in [2.05, 4.69) is 27.8 Å². The van der Waals surface area contributed by atoms with Crippen molar-refractivity contribution in [3.8, 4) is 22.5 Å². The van der Waals surface area contributed by atoms with E-state index in [9.17, 15) is 14.0 Å². The fourth-order valence-corrected chi connectivity index (χ4v) is 6.54. The number of ether oxygens (including phenoxy) is 1. The van der Waals surface area contributed by atoms with Gasteiger partial charge in [-0.3, -0.25) is 9.59 Å². The van der Waals surface area contributed by atoms with Gasteiger partial charge in [-0.2, -0.15) is 0 Å². The fourth-order valence-electron chi connectivity index (χ4n) is 5.66. The normalized spacial score (nSPS) is 21.0. The molecule has 3 aromatic heterocycles. The third kappa shape index (κ3) is 5.81. The molecule has 2 N–H and O–H groups in total. The van der Waals surface area contributed by atoms with Crippen molar-refractivity contribution in [2.45, 2.75) is 61.3 Å². The molecule has 0 radical (unpaired) electrons. The Morgan fingerprint density at radius 3 is 2.66 bits per heavy atom. The van der Waals surface area contributed by atoms with E-state index < -0.39 is 5.91 Å². The average Bonchev–Trinajstić information content (AvgIpc) is 3.91. The number of pyridine rings is 2. The summed E-state index contributed by atoms with van der Waals surface area (Å²) in [6.07, 6.45) is 7.29. The van der Waals surface area contributed by atoms with Crippen molar-refractivity contribution in [2.24, 2.45) is 7.05 Å². The number of aryl methyl sites for hydroxylation is 1. The third-order valence-electron chi connectivity index (χ3n) is 8.45. The van der Waals surface area contributed by atoms with E-state index in [1.165, 1.54) is 12.1 Å². The van der Waals surface area contributed by atoms with Crippen LogP contribution >= 0.6 is 11.8 Å². The van der Waals surface area contributed by atoms with Crippen LogP contribution in [-0.4, -0.2) is 54.1 Å². The van der Waals surface area contributed by atoms with Crippen molar-refractivity contribution in [1.29, 1.82) is 0 Å². The largest absolute Gasteiger partial charge is 0.369 e. The molecule has 12 heteroatoms. The molecule has 1 unspecified atom stereocenters. The zero-order chi connectivity index (χ0) is 30.6. The van der Waals surface area contributed by atoms with Gasteiger partial charge in [0.25, 0.3) is 11.5 Å². The van der Waals surface area contributed by atoms with Crippen LogP contribution in [0.25, 0.3) is 22.5 Å². The number of methoxy groups -OCH3 is 1. The average molecular weight is 616 g/mol. The fraction of sp³-hybridized carbons (Fsp3) is 0.406. The highest BCUT2D eigenvalue weighted by molar-refractivity contribution is 8.08. The van der Waals surface area contributed by atoms with Gasteiger partial charge in [0.1, 0.15) is 29.0 Å². The van der Waals surface area contributed by atoms with E-state index in [1.807, 2.05) is 12.3 Å². The number of aromatic nitrogens is 5. The molecule has 4 heterocycles. The molecule has 7 rings (SSSR count). The van der Waals surface area contributed by atoms with Gasteiger partial charge in [0.2, 0.25) is 0 Å². The van der Waals surface area contributed by atoms with Crippen molar-refractivity contribution < 1.29 is 13.9 Å². The van der Waals surface area contributed by atoms with Gasteiger partial charge in [-0.15, -0.1) is 22.0 Å². The number of hydrogen-bond acceptors (Lipinski definition) is 8. The topological polar surface area (TPSA) is 116 Å². The molecule has 1 aliphatic heterocycles. The number of thioether (sulfide) groups is 1. The molecule has 2 atom stereocenters. The molecule has 1 saturated heterocycles. The molecule has 3 aliphatic rings. The number of carbonyl (C=O) groups is 1. The first kappa shape index (κ1) is 28.9. The van der Waals surface area contributed by atoms with Gasteiger partial charge in [0.05, 0.1) is 4.75 Å². The van der Waals surface area contributed by atoms with Crippen molar-refractivity contribution in [3.05, 3.63) is 81.9 Å². The number of anilines is 1. The van der Waals surface area contributed by atoms with Gasteiger partial charge in [0.15, 0.2) is 5.82 Å². The highest BCUT2D eigenvalue weighted by atomic mass is 32.2. The van der Waals surface area contributed by atoms with Crippen LogP contribution in [-0.2, 0) is 18.3 Å². The van der Waals surface area contributed by atoms with Gasteiger partial charge < -0.3 is 24.5 Å². The first-order valence-corrected chi connectivity index (χ1v) is 15.7. The smallest absolute Gasteiger partial charge is 0.263 e. The number of rotatable bonds is 11. The van der Waals surface area contributed by atoms with Gasteiger partial charge in [-0.25, -0.2) is 9.37 Å². The Bertz CT molecular complexity index is 1820. The van der Waals surface area contributed by atoms with Crippen LogP contribution in [0, 0.1) is 5.82 Å². The van der Waals surface area contributed by atoms with Crippen molar-refractivity contribution in [2.75, 3.05) is 19.0 Å². The summed E-state index contributed by atoms with van der Waals surface area (Å²) in [5, 5.41) is 14.5. The molecule has 0 spiro atoms. The maximum atomic E-state index is 14.4. The second kappa shape index (κ2) is 11.2. The molecule has 228 valence electrons. The second-order valence-corrected chi connectivity index (χ2v) is 13.8. The van der Waals surface area contributed by atoms with Crippen molar-refractivity contribution >= 4 is 23.5 Å². The Morgan fingerprint density at radius 1 is 1.16 bits per heavy atom. The van der Waals surface area contributed by atoms with Crippen molar-refractivity contribution in [3.63, 3.8) is 0 Å². The lowest BCUT2D eigenvalue weighted by molar-refractivity contribution is 0.102. The summed E-state index contributed by atoms with van der Waals surface area (Å²) in [5.41, 5.74) is 3.75. The lowest BCUT2D eigenvalue weighted by Gasteiger charge is -2.15. The Kier molecular flexibility index (Phi) is 7.38. The van der Waals surface area contributed by atoms with E-state index in [-0.39, 0.29) is 39.1 Å². The molecule has 3 fully saturated rings. The predicted octanol–water partition coefficient (Wildman–Crippen LogP) is 4.88. The van der Waals surface area contributed by atoms with Crippen LogP contribution in [0.2, 0.25) is 0 Å². The third-order valence-corrected chi connectivity index (χ3v) is 10.0. The molecule has 44 heavy (non-hydrogen) atoms. The highest BCUT2D eigenvalue weighted by Gasteiger charge is 2.51. The maximum Gasteiger partial charge on any atom is 0.263 e. The molecular weight excluding hydrogens is 581 g/mol. The highest BCUT2D eigenvalue weighted by Crippen LogP contribution is 2.53. The van der Waals surface area contributed by atoms with Crippen LogP contribution in [0.5, 0.6) is 0 Å². The molecule has 4 aromatic rings. The van der Waals surface area contributed by atoms with E-state index >= 15 is 0 Å². The maximum absolute atomic E-state index is 14.4. The summed E-state index contributed by atoms with van der Waals surface area (Å²) in [6.45, 7) is 3.43. The summed E-state index contributed by atoms with van der Waals surface area (Å²) in [4.78, 5) is 31.9. The second-order valence-electron chi connectivity index (χ2n) is 12.2. The van der Waals surface area contributed by atoms with E-state index in [1.54, 1.807) is 59.6 Å². The number of amides is 1. The number of benzene rings is 1. The molecule has 2 saturated carbocycles. The zero-order valence-electron chi connectivity index (χ0n) is 24.8. The Morgan fingerprint density at radius 2 is 1.98 bits per heavy atom. The van der Waals surface area contributed by atoms with Crippen LogP contribution < -0.4 is 16.2 Å². The first-order valence-electron chi connectivity index (χ1n) is 14.9. The first-order chi connectivity index (χ1) is 21.2. The predicted molar refractivity (Wildman–Crippen MR) is 167 cm³/mol. The molecular formula is C32H34FN7O3S. The van der Waals surface area contributed by atoms with Crippen molar-refractivity contribution in [1.82, 2.24) is 29.6 Å². The summed E-state index contributed by atoms with van der Waals surface area (Å²) in [7, 11) is 3.52. The Balaban J connectivity index is 1.19. The minimum absolute atomic E-state index is 0.0209. The number of nitrogens with one attached hydrogen (secondary N) is 2. The van der Waals surface area contributed by atoms with Crippen LogP contribution in [0.4, 0.5) is 10.2 Å². The van der Waals surface area contributed by atoms with E-state index in [0.717, 1.165) is 54.6 Å². The minimum atomic E-state index is -0.505. The quantitative estimate of drug-likeness (QED) is 0.230. The minimum Gasteiger partial charge on any atom is -0.369 e. The molecule has 1 aromatic carbocycles. The Hall–Kier alpha value is -3.87. The van der Waals surface area contributed by atoms with Gasteiger partial charge in [-0.05, 0) is 79.6 Å². The van der Waals surface area contributed by atoms with Crippen LogP contribution in [0.1, 0.15) is 66.2 Å². The SMILES string of the molecule is COC1S[C@@]1(C)CNCc1cc(C(=O)Nc2cc(-c3ccc(F)cc3-c3nncn3C)cc(C3CC3)n2)c(=O)n(C2CC2)c1. The van der Waals surface area contributed by atoms with Gasteiger partial charge >= 0.3 is 0 Å². The molecule has 2 aliphatic carbocycles. The number of hydrogen-bond donors (Lipinski definition) is 2. The molecule has 10 nitrogen and oxygen atoms in total. The van der Waals surface area contributed by atoms with Gasteiger partial charge in [0, 0.05) is 56.7 Å². The zero-order valence-corrected chi connectivity index (χ0v) is 25.7. The van der Waals surface area contributed by atoms with Crippen LogP contribution in [0.15, 0.2) is 53.7 Å². The summed E-state index contributed by atoms with van der Waals surface area (Å²) in [6, 6.07) is 10.1. The lowest BCUT2D eigenvalue weighted by Crippen LogP contribution is -2.32. The van der Waals surface area contributed by atoms with E-state index in [4.69, 9.17) is 9.72 Å². The number of halogens is 1. The lowest BCUT2D eigenvalue weighted by atomic mass is 9.98. The molecule has 0 bridgehead atoms. The van der Waals surface area contributed by atoms with Crippen LogP contribution in [0.3, 0.4) is 0 Å². The summed E-state index contributed by atoms with van der Waals surface area (Å²) >= 11 is 1.77. The summed E-state index contributed by atoms with van der Waals surface area (Å²) < 4.78 is 23.3. The number of carbonyl (C=O) groups excluding carboxylic acids is 1. The standard InChI is InChI=1S/C32H34FN7O3S/c1-32(31(43-3)44-32)16-34-14-18-10-25(30(42)40(15-18)22-7-8-22)29(41)37-27-12-20(11-26(36-27)19-4-5-19)23-9-6-21(33)13-24(23)28-38-35-17-39(28)2/h6,9-13,15,17,19,22,31,34H,4-5,7-8,14,16H2,1-3H3,(H,36,37,41)/t31?,32-/m0/s1. The number of nitrogens with zero attached hydrogens (tertiary/aromatic N) is 5. The Labute approximate surface area is 258 Å². The molecule has 1 amide bonds. The summed E-state index contributed by atoms with van der Waals surface area (Å²) in [5.74, 6) is 0.256. The monoisotopic (exact) mass is 615 g/mol.